The van der Waals surface area contributed by atoms with Crippen molar-refractivity contribution in [1.82, 2.24) is 25.8 Å². The normalized spacial score (nSPS) is 13.0. The van der Waals surface area contributed by atoms with Crippen molar-refractivity contribution < 1.29 is 65.1 Å². The van der Waals surface area contributed by atoms with Gasteiger partial charge in [0, 0.05) is 78.5 Å². The Balaban J connectivity index is 1.15. The van der Waals surface area contributed by atoms with Crippen LogP contribution in [-0.2, 0) is 69.6 Å². The summed E-state index contributed by atoms with van der Waals surface area (Å²) in [6, 6.07) is 38.0. The average Bonchev–Trinajstić information content (AvgIpc) is 0.819. The maximum Gasteiger partial charge on any atom is 0.243 e. The molecule has 0 aliphatic rings. The van der Waals surface area contributed by atoms with Gasteiger partial charge in [0.05, 0.1) is 62.4 Å². The van der Waals surface area contributed by atoms with Crippen LogP contribution in [0.4, 0.5) is 0 Å². The van der Waals surface area contributed by atoms with Gasteiger partial charge in [-0.3, -0.25) is 0 Å². The van der Waals surface area contributed by atoms with Gasteiger partial charge in [0.15, 0.2) is 0 Å². The first-order chi connectivity index (χ1) is 44.5. The second-order valence-electron chi connectivity index (χ2n) is 23.3. The number of aliphatic hydroxyl groups is 1. The Morgan fingerprint density at radius 3 is 0.681 bits per heavy atom. The van der Waals surface area contributed by atoms with E-state index in [4.69, 9.17) is 14.6 Å². The van der Waals surface area contributed by atoms with E-state index in [0.29, 0.717) is 44.9 Å². The molecule has 0 fully saturated rings. The van der Waals surface area contributed by atoms with Crippen molar-refractivity contribution in [2.45, 2.75) is 123 Å². The van der Waals surface area contributed by atoms with E-state index in [9.17, 15) is 50.5 Å². The Hall–Kier alpha value is -5.34. The minimum Gasteiger partial charge on any atom is -0.394 e. The van der Waals surface area contributed by atoms with E-state index in [2.05, 4.69) is 0 Å². The van der Waals surface area contributed by atoms with Crippen LogP contribution in [0.2, 0.25) is 0 Å². The van der Waals surface area contributed by atoms with Gasteiger partial charge in [-0.05, 0) is 127 Å². The molecule has 0 atom stereocenters. The van der Waals surface area contributed by atoms with E-state index in [1.807, 2.05) is 41.5 Å². The first-order valence-corrected chi connectivity index (χ1v) is 40.4. The van der Waals surface area contributed by atoms with Gasteiger partial charge in [-0.1, -0.05) is 145 Å². The van der Waals surface area contributed by atoms with Crippen LogP contribution in [0.5, 0.6) is 0 Å². The molecule has 0 saturated carbocycles. The Labute approximate surface area is 560 Å². The van der Waals surface area contributed by atoms with Gasteiger partial charge in [0.25, 0.3) is 0 Å². The molecule has 6 aromatic rings. The highest BCUT2D eigenvalue weighted by Crippen LogP contribution is 2.26. The van der Waals surface area contributed by atoms with Crippen LogP contribution in [0, 0.1) is 41.5 Å². The minimum atomic E-state index is -4.35. The highest BCUT2D eigenvalue weighted by atomic mass is 32.2. The molecular weight excluding hydrogens is 1320 g/mol. The number of likely N-dealkylation sites (N-methyl/N-ethyl adjacent to an activating group) is 1. The lowest BCUT2D eigenvalue weighted by atomic mass is 10.1. The topological polar surface area (TPSA) is 263 Å². The Kier molecular flexibility index (Phi) is 30.0. The monoisotopic (exact) mass is 1410 g/mol. The third-order valence-corrected chi connectivity index (χ3v) is 27.7. The molecule has 0 aliphatic carbocycles. The second-order valence-corrected chi connectivity index (χ2v) is 34.9. The van der Waals surface area contributed by atoms with Gasteiger partial charge < -0.3 is 14.6 Å². The smallest absolute Gasteiger partial charge is 0.243 e. The van der Waals surface area contributed by atoms with Crippen molar-refractivity contribution in [1.29, 1.82) is 0 Å². The molecule has 0 heterocycles. The van der Waals surface area contributed by atoms with Crippen molar-refractivity contribution >= 4 is 60.1 Å². The molecule has 0 unspecified atom stereocenters. The molecule has 6 aromatic carbocycles. The molecule has 0 radical (unpaired) electrons. The summed E-state index contributed by atoms with van der Waals surface area (Å²) in [7, 11) is -25.2. The van der Waals surface area contributed by atoms with Gasteiger partial charge in [-0.15, -0.1) is 0 Å². The third-order valence-electron chi connectivity index (χ3n) is 16.1. The summed E-state index contributed by atoms with van der Waals surface area (Å²) in [5.74, 6) is 0. The van der Waals surface area contributed by atoms with Crippen molar-refractivity contribution in [2.24, 2.45) is 0 Å². The van der Waals surface area contributed by atoms with Gasteiger partial charge >= 0.3 is 0 Å². The molecule has 1 N–H and O–H groups in total. The predicted octanol–water partition coefficient (Wildman–Crippen LogP) is 8.76. The Bertz CT molecular complexity index is 4020. The van der Waals surface area contributed by atoms with Crippen LogP contribution in [-0.4, -0.2) is 193 Å². The van der Waals surface area contributed by atoms with Crippen LogP contribution >= 0.6 is 0 Å². The Morgan fingerprint density at radius 1 is 0.255 bits per heavy atom. The molecule has 518 valence electrons. The number of hydrogen-bond donors (Lipinski definition) is 1. The van der Waals surface area contributed by atoms with E-state index in [-0.39, 0.29) is 141 Å². The quantitative estimate of drug-likeness (QED) is 0.0351. The molecule has 0 spiro atoms. The lowest BCUT2D eigenvalue weighted by molar-refractivity contribution is 0.0307. The van der Waals surface area contributed by atoms with Gasteiger partial charge in [0.1, 0.15) is 0 Å². The zero-order chi connectivity index (χ0) is 68.7. The van der Waals surface area contributed by atoms with Crippen molar-refractivity contribution in [3.05, 3.63) is 179 Å². The number of nitrogens with zero attached hydrogens (tertiary/aromatic N) is 6. The molecule has 0 saturated heterocycles. The van der Waals surface area contributed by atoms with E-state index in [1.165, 1.54) is 85.7 Å². The Morgan fingerprint density at radius 2 is 0.447 bits per heavy atom. The zero-order valence-electron chi connectivity index (χ0n) is 55.1. The number of benzene rings is 6. The number of hydrogen-bond acceptors (Lipinski definition) is 15. The van der Waals surface area contributed by atoms with Crippen LogP contribution in [0.3, 0.4) is 0 Å². The predicted molar refractivity (Wildman–Crippen MR) is 366 cm³/mol. The highest BCUT2D eigenvalue weighted by molar-refractivity contribution is 7.90. The summed E-state index contributed by atoms with van der Waals surface area (Å²) in [5.41, 5.74) is 5.03. The molecular formula is C67H94N6O15S6. The molecule has 0 aliphatic heterocycles. The van der Waals surface area contributed by atoms with Gasteiger partial charge in [0.2, 0.25) is 60.1 Å². The summed E-state index contributed by atoms with van der Waals surface area (Å²) in [6.45, 7) is 10.6. The number of unbranched alkanes of at least 4 members (excludes halogenated alkanes) is 6. The number of sulfonamides is 6. The van der Waals surface area contributed by atoms with Crippen molar-refractivity contribution in [3.8, 4) is 0 Å². The van der Waals surface area contributed by atoms with E-state index >= 15 is 0 Å². The fraction of sp³-hybridized carbons (Fsp3) is 0.463. The number of aliphatic hydroxyl groups excluding tert-OH is 1. The summed E-state index contributed by atoms with van der Waals surface area (Å²) in [5, 5.41) is 9.07. The lowest BCUT2D eigenvalue weighted by Crippen LogP contribution is -2.45. The molecule has 21 nitrogen and oxygen atoms in total. The number of aryl methyl sites for hydroxylation is 6. The first-order valence-electron chi connectivity index (χ1n) is 31.7. The lowest BCUT2D eigenvalue weighted by Gasteiger charge is -2.29. The summed E-state index contributed by atoms with van der Waals surface area (Å²) < 4.78 is 191. The number of ether oxygens (including phenoxy) is 2. The molecule has 0 bridgehead atoms. The molecule has 0 amide bonds. The van der Waals surface area contributed by atoms with E-state index in [1.54, 1.807) is 79.7 Å². The summed E-state index contributed by atoms with van der Waals surface area (Å²) in [6.07, 6.45) is 4.10. The minimum absolute atomic E-state index is 0.00223. The van der Waals surface area contributed by atoms with Gasteiger partial charge in [-0.2, -0.15) is 25.8 Å². The third kappa shape index (κ3) is 22.1. The van der Waals surface area contributed by atoms with Crippen LogP contribution in [0.15, 0.2) is 175 Å². The zero-order valence-corrected chi connectivity index (χ0v) is 60.0. The number of rotatable bonds is 43. The molecule has 0 aromatic heterocycles. The van der Waals surface area contributed by atoms with E-state index < -0.39 is 60.1 Å². The maximum absolute atomic E-state index is 14.7. The highest BCUT2D eigenvalue weighted by Gasteiger charge is 2.34. The standard InChI is InChI=1S/C67H94N6O15S6/c1-8-68(89(75,76)62-28-16-56(2)17-29-62)42-43-71(92(81,82)65-34-22-59(5)23-35-65)46-44-69(90(77,78)63-30-18-57(3)19-31-63)40-14-12-10-9-11-13-15-41-70(91(79,80)64-32-20-58(4)21-33-64)45-47-72(93(83,84)66-36-24-60(6)25-37-66)48-49-73(50-52-87-54-55-88-53-51-74)94(85,86)67-38-26-61(7)27-39-67/h16-39,74H,8-15,40-55H2,1-7H3. The maximum atomic E-state index is 14.7. The van der Waals surface area contributed by atoms with Crippen LogP contribution < -0.4 is 0 Å². The fourth-order valence-electron chi connectivity index (χ4n) is 10.3. The van der Waals surface area contributed by atoms with Gasteiger partial charge in [-0.25, -0.2) is 50.5 Å². The fourth-order valence-corrected chi connectivity index (χ4v) is 18.9. The largest absolute Gasteiger partial charge is 0.394 e. The van der Waals surface area contributed by atoms with E-state index in [0.717, 1.165) is 46.3 Å². The van der Waals surface area contributed by atoms with Crippen molar-refractivity contribution in [2.75, 3.05) is 112 Å². The average molecular weight is 1420 g/mol. The molecule has 6 rings (SSSR count). The second kappa shape index (κ2) is 36.3. The molecule has 27 heteroatoms. The summed E-state index contributed by atoms with van der Waals surface area (Å²) in [4.78, 5) is 0.0533. The molecule has 94 heavy (non-hydrogen) atoms. The summed E-state index contributed by atoms with van der Waals surface area (Å²) >= 11 is 0. The first kappa shape index (κ1) is 77.7. The van der Waals surface area contributed by atoms with Crippen LogP contribution in [0.1, 0.15) is 85.3 Å². The SMILES string of the molecule is CCN(CCN(CCN(CCCCCCCCCN(CCN(CCN(CCOCCOCCO)S(=O)(=O)c1ccc(C)cc1)S(=O)(=O)c1ccc(C)cc1)S(=O)(=O)c1ccc(C)cc1)S(=O)(=O)c1ccc(C)cc1)S(=O)(=O)c1ccc(C)cc1)S(=O)(=O)c1ccc(C)cc1. The van der Waals surface area contributed by atoms with Crippen molar-refractivity contribution in [3.63, 3.8) is 0 Å². The van der Waals surface area contributed by atoms with Crippen LogP contribution in [0.25, 0.3) is 0 Å².